The topological polar surface area (TPSA) is 154 Å². The average Bonchev–Trinajstić information content (AvgIpc) is 3.17. The summed E-state index contributed by atoms with van der Waals surface area (Å²) < 4.78 is 4.91. The van der Waals surface area contributed by atoms with E-state index in [1.807, 2.05) is 0 Å². The molecule has 0 spiro atoms. The molecule has 2 heterocycles. The second-order valence-corrected chi connectivity index (χ2v) is 6.47. The Morgan fingerprint density at radius 3 is 2.79 bits per heavy atom. The molecule has 2 aromatic heterocycles. The van der Waals surface area contributed by atoms with E-state index in [2.05, 4.69) is 32.3 Å². The minimum Gasteiger partial charge on any atom is -0.388 e. The molecule has 0 aliphatic carbocycles. The lowest BCUT2D eigenvalue weighted by molar-refractivity contribution is 0.112. The fourth-order valence-electron chi connectivity index (χ4n) is 2.51. The molecule has 29 heavy (non-hydrogen) atoms. The van der Waals surface area contributed by atoms with Crippen LogP contribution in [0.2, 0.25) is 0 Å². The van der Waals surface area contributed by atoms with Gasteiger partial charge in [-0.05, 0) is 38.1 Å². The lowest BCUT2D eigenvalue weighted by Crippen LogP contribution is -2.18. The predicted molar refractivity (Wildman–Crippen MR) is 108 cm³/mol. The van der Waals surface area contributed by atoms with E-state index in [4.69, 9.17) is 20.8 Å². The van der Waals surface area contributed by atoms with Crippen molar-refractivity contribution < 1.29 is 14.7 Å². The first-order valence-electron chi connectivity index (χ1n) is 8.66. The number of aliphatic hydroxyl groups excluding tert-OH is 1. The maximum atomic E-state index is 10.6. The van der Waals surface area contributed by atoms with Gasteiger partial charge in [0.15, 0.2) is 11.4 Å². The molecule has 9 nitrogen and oxygen atoms in total. The van der Waals surface area contributed by atoms with Gasteiger partial charge in [-0.25, -0.2) is 4.98 Å². The molecule has 0 saturated heterocycles. The summed E-state index contributed by atoms with van der Waals surface area (Å²) in [4.78, 5) is 7.96. The van der Waals surface area contributed by atoms with Crippen LogP contribution < -0.4 is 11.1 Å². The van der Waals surface area contributed by atoms with E-state index in [1.165, 1.54) is 19.2 Å². The van der Waals surface area contributed by atoms with Crippen molar-refractivity contribution in [3.8, 4) is 11.8 Å². The van der Waals surface area contributed by atoms with Gasteiger partial charge in [0.05, 0.1) is 0 Å². The Balaban J connectivity index is 1.93. The molecule has 0 aliphatic heterocycles. The minimum absolute atomic E-state index is 0.130. The molecule has 148 valence electrons. The molecule has 0 bridgehead atoms. The van der Waals surface area contributed by atoms with Gasteiger partial charge in [0.2, 0.25) is 5.95 Å². The molecule has 3 rings (SSSR count). The number of nitrogens with two attached hydrogens (primary N) is 1. The highest BCUT2D eigenvalue weighted by Crippen LogP contribution is 2.23. The highest BCUT2D eigenvalue weighted by atomic mass is 16.5. The first-order chi connectivity index (χ1) is 13.8. The van der Waals surface area contributed by atoms with Crippen LogP contribution in [0.25, 0.3) is 0 Å². The van der Waals surface area contributed by atoms with Gasteiger partial charge in [0.1, 0.15) is 18.1 Å². The number of nitrogen functional groups attached to an aromatic ring is 1. The second-order valence-electron chi connectivity index (χ2n) is 6.47. The van der Waals surface area contributed by atoms with Crippen molar-refractivity contribution >= 4 is 23.2 Å². The monoisotopic (exact) mass is 392 g/mol. The first-order valence-corrected chi connectivity index (χ1v) is 8.66. The Bertz CT molecular complexity index is 1110. The summed E-state index contributed by atoms with van der Waals surface area (Å²) in [5, 5.41) is 34.5. The van der Waals surface area contributed by atoms with E-state index < -0.39 is 5.60 Å². The van der Waals surface area contributed by atoms with Gasteiger partial charge in [-0.2, -0.15) is 4.98 Å². The molecule has 0 aliphatic rings. The maximum absolute atomic E-state index is 10.6. The number of hydrogen-bond donors (Lipinski definition) is 5. The van der Waals surface area contributed by atoms with E-state index in [0.717, 1.165) is 0 Å². The third-order valence-corrected chi connectivity index (χ3v) is 4.02. The SMILES string of the molecule is CC(=N)c1ccc(C#CC(C)(O)c2cc(CO)on2)cc1Nc1ccnc(N)n1. The molecule has 0 radical (unpaired) electrons. The Morgan fingerprint density at radius 2 is 2.14 bits per heavy atom. The van der Waals surface area contributed by atoms with Crippen LogP contribution >= 0.6 is 0 Å². The zero-order chi connectivity index (χ0) is 21.0. The number of nitrogens with one attached hydrogen (secondary N) is 2. The van der Waals surface area contributed by atoms with Crippen LogP contribution in [0, 0.1) is 17.3 Å². The molecule has 0 amide bonds. The third-order valence-electron chi connectivity index (χ3n) is 4.02. The van der Waals surface area contributed by atoms with Crippen molar-refractivity contribution in [2.45, 2.75) is 26.1 Å². The third kappa shape index (κ3) is 4.76. The molecule has 9 heteroatoms. The molecular weight excluding hydrogens is 372 g/mol. The highest BCUT2D eigenvalue weighted by Gasteiger charge is 2.25. The average molecular weight is 392 g/mol. The molecule has 1 atom stereocenters. The van der Waals surface area contributed by atoms with E-state index in [1.54, 1.807) is 31.2 Å². The largest absolute Gasteiger partial charge is 0.388 e. The van der Waals surface area contributed by atoms with Crippen LogP contribution in [-0.4, -0.2) is 31.0 Å². The van der Waals surface area contributed by atoms with Crippen LogP contribution in [0.3, 0.4) is 0 Å². The van der Waals surface area contributed by atoms with Crippen molar-refractivity contribution in [2.75, 3.05) is 11.1 Å². The maximum Gasteiger partial charge on any atom is 0.221 e. The van der Waals surface area contributed by atoms with Crippen molar-refractivity contribution in [2.24, 2.45) is 0 Å². The normalized spacial score (nSPS) is 12.6. The number of nitrogens with zero attached hydrogens (tertiary/aromatic N) is 3. The summed E-state index contributed by atoms with van der Waals surface area (Å²) >= 11 is 0. The summed E-state index contributed by atoms with van der Waals surface area (Å²) in [6, 6.07) is 8.36. The standard InChI is InChI=1S/C20H20N6O3/c1-12(21)15-4-3-13(9-16(15)24-18-6-8-23-19(22)25-18)5-7-20(2,28)17-10-14(11-27)29-26-17/h3-4,6,8-10,21,27-28H,11H2,1-2H3,(H3,22,23,24,25). The minimum atomic E-state index is -1.57. The molecule has 6 N–H and O–H groups in total. The zero-order valence-electron chi connectivity index (χ0n) is 15.9. The van der Waals surface area contributed by atoms with Crippen molar-refractivity contribution in [3.63, 3.8) is 0 Å². The van der Waals surface area contributed by atoms with Gasteiger partial charge in [-0.3, -0.25) is 0 Å². The second kappa shape index (κ2) is 8.10. The summed E-state index contributed by atoms with van der Waals surface area (Å²) in [6.45, 7) is 2.84. The molecule has 0 fully saturated rings. The van der Waals surface area contributed by atoms with E-state index in [9.17, 15) is 5.11 Å². The molecule has 1 aromatic carbocycles. The van der Waals surface area contributed by atoms with Crippen molar-refractivity contribution in [1.82, 2.24) is 15.1 Å². The van der Waals surface area contributed by atoms with Crippen molar-refractivity contribution in [1.29, 1.82) is 5.41 Å². The quantitative estimate of drug-likeness (QED) is 0.326. The number of aromatic nitrogens is 3. The van der Waals surface area contributed by atoms with Crippen molar-refractivity contribution in [3.05, 3.63) is 59.1 Å². The molecular formula is C20H20N6O3. The fourth-order valence-corrected chi connectivity index (χ4v) is 2.51. The van der Waals surface area contributed by atoms with Crippen LogP contribution in [0.5, 0.6) is 0 Å². The number of anilines is 3. The summed E-state index contributed by atoms with van der Waals surface area (Å²) in [7, 11) is 0. The summed E-state index contributed by atoms with van der Waals surface area (Å²) in [5.41, 5.74) is 6.51. The highest BCUT2D eigenvalue weighted by molar-refractivity contribution is 6.02. The summed E-state index contributed by atoms with van der Waals surface area (Å²) in [6.07, 6.45) is 1.53. The fraction of sp³-hybridized carbons (Fsp3) is 0.200. The number of hydrogen-bond acceptors (Lipinski definition) is 9. The van der Waals surface area contributed by atoms with Gasteiger partial charge in [-0.15, -0.1) is 0 Å². The lowest BCUT2D eigenvalue weighted by Gasteiger charge is -2.13. The summed E-state index contributed by atoms with van der Waals surface area (Å²) in [5.74, 6) is 6.51. The van der Waals surface area contributed by atoms with Gasteiger partial charge in [0, 0.05) is 34.8 Å². The number of aliphatic hydroxyl groups is 2. The van der Waals surface area contributed by atoms with Gasteiger partial charge in [0.25, 0.3) is 0 Å². The molecule has 0 saturated carbocycles. The van der Waals surface area contributed by atoms with Crippen LogP contribution in [0.15, 0.2) is 41.1 Å². The van der Waals surface area contributed by atoms with Gasteiger partial charge < -0.3 is 31.2 Å². The van der Waals surface area contributed by atoms with E-state index in [0.29, 0.717) is 28.3 Å². The Hall–Kier alpha value is -3.74. The Labute approximate surface area is 167 Å². The van der Waals surface area contributed by atoms with Crippen LogP contribution in [0.4, 0.5) is 17.5 Å². The van der Waals surface area contributed by atoms with E-state index >= 15 is 0 Å². The number of benzene rings is 1. The zero-order valence-corrected chi connectivity index (χ0v) is 15.9. The Kier molecular flexibility index (Phi) is 5.59. The first kappa shape index (κ1) is 20.0. The van der Waals surface area contributed by atoms with E-state index in [-0.39, 0.29) is 24.0 Å². The molecule has 1 unspecified atom stereocenters. The van der Waals surface area contributed by atoms with Crippen LogP contribution in [-0.2, 0) is 12.2 Å². The van der Waals surface area contributed by atoms with Gasteiger partial charge in [-0.1, -0.05) is 17.0 Å². The smallest absolute Gasteiger partial charge is 0.221 e. The molecule has 3 aromatic rings. The van der Waals surface area contributed by atoms with Gasteiger partial charge >= 0.3 is 0 Å². The number of rotatable bonds is 5. The lowest BCUT2D eigenvalue weighted by atomic mass is 10.0. The predicted octanol–water partition coefficient (Wildman–Crippen LogP) is 1.93. The van der Waals surface area contributed by atoms with Crippen LogP contribution in [0.1, 0.15) is 36.4 Å². The Morgan fingerprint density at radius 1 is 1.34 bits per heavy atom.